The van der Waals surface area contributed by atoms with E-state index in [1.54, 1.807) is 54.1 Å². The van der Waals surface area contributed by atoms with E-state index < -0.39 is 11.7 Å². The molecule has 166 valence electrons. The third kappa shape index (κ3) is 5.02. The molecule has 0 aliphatic carbocycles. The van der Waals surface area contributed by atoms with Gasteiger partial charge < -0.3 is 4.74 Å². The van der Waals surface area contributed by atoms with Gasteiger partial charge in [-0.25, -0.2) is 0 Å². The number of halogens is 3. The smallest absolute Gasteiger partial charge is 0.416 e. The van der Waals surface area contributed by atoms with E-state index in [9.17, 15) is 13.2 Å². The SMILES string of the molecule is COc1ccc(-c2nnc(SCc3ccc(C#N)cc3)n2-c2cccc(C(F)(F)F)c2)cc1. The van der Waals surface area contributed by atoms with Crippen molar-refractivity contribution in [3.05, 3.63) is 89.5 Å². The molecule has 33 heavy (non-hydrogen) atoms. The summed E-state index contributed by atoms with van der Waals surface area (Å²) in [6.45, 7) is 0. The summed E-state index contributed by atoms with van der Waals surface area (Å²) < 4.78 is 46.9. The normalized spacial score (nSPS) is 11.2. The highest BCUT2D eigenvalue weighted by molar-refractivity contribution is 7.98. The van der Waals surface area contributed by atoms with Crippen molar-refractivity contribution in [1.29, 1.82) is 5.26 Å². The molecule has 0 bridgehead atoms. The molecule has 1 heterocycles. The molecule has 0 aliphatic heterocycles. The van der Waals surface area contributed by atoms with Gasteiger partial charge in [0.05, 0.1) is 30.0 Å². The van der Waals surface area contributed by atoms with Gasteiger partial charge >= 0.3 is 6.18 Å². The Morgan fingerprint density at radius 3 is 2.36 bits per heavy atom. The molecule has 4 aromatic rings. The van der Waals surface area contributed by atoms with E-state index in [-0.39, 0.29) is 0 Å². The summed E-state index contributed by atoms with van der Waals surface area (Å²) in [5, 5.41) is 17.9. The second kappa shape index (κ2) is 9.38. The molecule has 0 radical (unpaired) electrons. The lowest BCUT2D eigenvalue weighted by molar-refractivity contribution is -0.137. The van der Waals surface area contributed by atoms with Gasteiger partial charge in [0.25, 0.3) is 0 Å². The molecule has 5 nitrogen and oxygen atoms in total. The van der Waals surface area contributed by atoms with Crippen molar-refractivity contribution < 1.29 is 17.9 Å². The van der Waals surface area contributed by atoms with Gasteiger partial charge in [-0.05, 0) is 60.2 Å². The highest BCUT2D eigenvalue weighted by Crippen LogP contribution is 2.34. The van der Waals surface area contributed by atoms with Crippen molar-refractivity contribution in [1.82, 2.24) is 14.8 Å². The largest absolute Gasteiger partial charge is 0.497 e. The summed E-state index contributed by atoms with van der Waals surface area (Å²) in [7, 11) is 1.55. The molecular formula is C24H17F3N4OS. The van der Waals surface area contributed by atoms with E-state index in [0.29, 0.717) is 39.3 Å². The van der Waals surface area contributed by atoms with Gasteiger partial charge in [-0.2, -0.15) is 18.4 Å². The number of benzene rings is 3. The topological polar surface area (TPSA) is 63.7 Å². The second-order valence-corrected chi connectivity index (χ2v) is 7.96. The molecule has 1 aromatic heterocycles. The monoisotopic (exact) mass is 466 g/mol. The van der Waals surface area contributed by atoms with E-state index in [1.807, 2.05) is 12.1 Å². The van der Waals surface area contributed by atoms with Gasteiger partial charge in [-0.1, -0.05) is 30.0 Å². The van der Waals surface area contributed by atoms with Crippen LogP contribution in [0.1, 0.15) is 16.7 Å². The molecule has 0 fully saturated rings. The Hall–Kier alpha value is -3.77. The summed E-state index contributed by atoms with van der Waals surface area (Å²) in [5.74, 6) is 1.57. The summed E-state index contributed by atoms with van der Waals surface area (Å²) >= 11 is 1.35. The van der Waals surface area contributed by atoms with Gasteiger partial charge in [-0.3, -0.25) is 4.57 Å². The molecule has 0 saturated carbocycles. The van der Waals surface area contributed by atoms with E-state index in [2.05, 4.69) is 16.3 Å². The van der Waals surface area contributed by atoms with Gasteiger partial charge in [0.15, 0.2) is 11.0 Å². The highest BCUT2D eigenvalue weighted by atomic mass is 32.2. The lowest BCUT2D eigenvalue weighted by atomic mass is 10.1. The number of thioether (sulfide) groups is 1. The van der Waals surface area contributed by atoms with Crippen molar-refractivity contribution in [2.75, 3.05) is 7.11 Å². The Morgan fingerprint density at radius 2 is 1.73 bits per heavy atom. The summed E-state index contributed by atoms with van der Waals surface area (Å²) in [4.78, 5) is 0. The van der Waals surface area contributed by atoms with E-state index in [0.717, 1.165) is 17.7 Å². The molecule has 0 atom stereocenters. The predicted octanol–water partition coefficient (Wildman–Crippen LogP) is 6.13. The molecule has 4 rings (SSSR count). The zero-order valence-corrected chi connectivity index (χ0v) is 18.2. The van der Waals surface area contributed by atoms with Crippen LogP contribution in [-0.2, 0) is 11.9 Å². The first-order valence-electron chi connectivity index (χ1n) is 9.78. The van der Waals surface area contributed by atoms with Crippen molar-refractivity contribution in [2.45, 2.75) is 17.1 Å². The van der Waals surface area contributed by atoms with Crippen LogP contribution in [0, 0.1) is 11.3 Å². The second-order valence-electron chi connectivity index (χ2n) is 7.02. The van der Waals surface area contributed by atoms with Crippen LogP contribution in [0.2, 0.25) is 0 Å². The highest BCUT2D eigenvalue weighted by Gasteiger charge is 2.31. The Labute approximate surface area is 192 Å². The van der Waals surface area contributed by atoms with E-state index in [4.69, 9.17) is 10.00 Å². The molecule has 9 heteroatoms. The number of hydrogen-bond donors (Lipinski definition) is 0. The number of nitriles is 1. The van der Waals surface area contributed by atoms with Gasteiger partial charge in [-0.15, -0.1) is 10.2 Å². The molecule has 0 unspecified atom stereocenters. The molecule has 0 N–H and O–H groups in total. The Kier molecular flexibility index (Phi) is 6.38. The van der Waals surface area contributed by atoms with Crippen LogP contribution in [-0.4, -0.2) is 21.9 Å². The van der Waals surface area contributed by atoms with E-state index >= 15 is 0 Å². The minimum absolute atomic E-state index is 0.308. The first-order valence-corrected chi connectivity index (χ1v) is 10.8. The third-order valence-electron chi connectivity index (χ3n) is 4.86. The summed E-state index contributed by atoms with van der Waals surface area (Å²) in [6.07, 6.45) is -4.47. The Bertz CT molecular complexity index is 1290. The van der Waals surface area contributed by atoms with E-state index in [1.165, 1.54) is 17.8 Å². The van der Waals surface area contributed by atoms with Gasteiger partial charge in [0.2, 0.25) is 0 Å². The lowest BCUT2D eigenvalue weighted by Gasteiger charge is -2.13. The number of rotatable bonds is 6. The number of ether oxygens (including phenoxy) is 1. The molecule has 0 amide bonds. The van der Waals surface area contributed by atoms with Gasteiger partial charge in [0, 0.05) is 11.3 Å². The summed E-state index contributed by atoms with van der Waals surface area (Å²) in [5.41, 5.74) is 1.74. The van der Waals surface area contributed by atoms with Crippen LogP contribution in [0.4, 0.5) is 13.2 Å². The zero-order valence-electron chi connectivity index (χ0n) is 17.4. The Morgan fingerprint density at radius 1 is 1.00 bits per heavy atom. The van der Waals surface area contributed by atoms with Crippen LogP contribution in [0.5, 0.6) is 5.75 Å². The maximum absolute atomic E-state index is 13.4. The number of nitrogens with zero attached hydrogens (tertiary/aromatic N) is 4. The first kappa shape index (κ1) is 22.4. The molecule has 0 aliphatic rings. The lowest BCUT2D eigenvalue weighted by Crippen LogP contribution is -2.07. The molecular weight excluding hydrogens is 449 g/mol. The third-order valence-corrected chi connectivity index (χ3v) is 5.86. The van der Waals surface area contributed by atoms with Crippen LogP contribution in [0.15, 0.2) is 78.0 Å². The predicted molar refractivity (Wildman–Crippen MR) is 119 cm³/mol. The average Bonchev–Trinajstić information content (AvgIpc) is 3.26. The van der Waals surface area contributed by atoms with Crippen molar-refractivity contribution >= 4 is 11.8 Å². The van der Waals surface area contributed by atoms with Crippen molar-refractivity contribution in [3.63, 3.8) is 0 Å². The number of hydrogen-bond acceptors (Lipinski definition) is 5. The van der Waals surface area contributed by atoms with Crippen molar-refractivity contribution in [3.8, 4) is 28.9 Å². The van der Waals surface area contributed by atoms with Crippen molar-refractivity contribution in [2.24, 2.45) is 0 Å². The van der Waals surface area contributed by atoms with Gasteiger partial charge in [0.1, 0.15) is 5.75 Å². The minimum Gasteiger partial charge on any atom is -0.497 e. The standard InChI is InChI=1S/C24H17F3N4OS/c1-32-21-11-9-18(10-12-21)22-29-30-23(33-15-17-7-5-16(14-28)6-8-17)31(22)20-4-2-3-19(13-20)24(25,26)27/h2-13H,15H2,1H3. The maximum Gasteiger partial charge on any atom is 0.416 e. The minimum atomic E-state index is -4.47. The molecule has 3 aromatic carbocycles. The molecule has 0 spiro atoms. The number of alkyl halides is 3. The average molecular weight is 466 g/mol. The fraction of sp³-hybridized carbons (Fsp3) is 0.125. The summed E-state index contributed by atoms with van der Waals surface area (Å²) in [6, 6.07) is 21.3. The Balaban J connectivity index is 1.75. The quantitative estimate of drug-likeness (QED) is 0.320. The van der Waals surface area contributed by atoms with Crippen LogP contribution >= 0.6 is 11.8 Å². The van der Waals surface area contributed by atoms with Crippen LogP contribution in [0.3, 0.4) is 0 Å². The molecule has 0 saturated heterocycles. The maximum atomic E-state index is 13.4. The fourth-order valence-electron chi connectivity index (χ4n) is 3.17. The zero-order chi connectivity index (χ0) is 23.4. The number of methoxy groups -OCH3 is 1. The van der Waals surface area contributed by atoms with Crippen LogP contribution < -0.4 is 4.74 Å². The number of aromatic nitrogens is 3. The van der Waals surface area contributed by atoms with Crippen LogP contribution in [0.25, 0.3) is 17.1 Å². The first-order chi connectivity index (χ1) is 15.9. The fourth-order valence-corrected chi connectivity index (χ4v) is 4.08.